The molecular weight excluding hydrogens is 214 g/mol. The summed E-state index contributed by atoms with van der Waals surface area (Å²) in [6.07, 6.45) is 8.79. The molecule has 0 aromatic carbocycles. The van der Waals surface area contributed by atoms with Gasteiger partial charge in [-0.15, -0.1) is 0 Å². The Bertz CT molecular complexity index is 541. The Hall–Kier alpha value is -1.68. The smallest absolute Gasteiger partial charge is 0.150 e. The third-order valence-corrected chi connectivity index (χ3v) is 3.16. The SMILES string of the molecule is C=Cc1nn(C2CCCCO2)c2cnccc12. The second-order valence-electron chi connectivity index (χ2n) is 4.25. The fourth-order valence-corrected chi connectivity index (χ4v) is 2.30. The first-order chi connectivity index (χ1) is 8.40. The molecule has 0 saturated carbocycles. The van der Waals surface area contributed by atoms with E-state index in [0.717, 1.165) is 36.0 Å². The predicted molar refractivity (Wildman–Crippen MR) is 66.5 cm³/mol. The lowest BCUT2D eigenvalue weighted by Crippen LogP contribution is -2.19. The van der Waals surface area contributed by atoms with E-state index in [4.69, 9.17) is 4.74 Å². The van der Waals surface area contributed by atoms with E-state index < -0.39 is 0 Å². The molecule has 0 spiro atoms. The van der Waals surface area contributed by atoms with E-state index in [-0.39, 0.29) is 6.23 Å². The van der Waals surface area contributed by atoms with Crippen LogP contribution in [0.4, 0.5) is 0 Å². The van der Waals surface area contributed by atoms with Crippen LogP contribution in [0.15, 0.2) is 25.0 Å². The van der Waals surface area contributed by atoms with Gasteiger partial charge in [-0.3, -0.25) is 4.98 Å². The summed E-state index contributed by atoms with van der Waals surface area (Å²) in [7, 11) is 0. The lowest BCUT2D eigenvalue weighted by Gasteiger charge is -2.23. The van der Waals surface area contributed by atoms with Crippen molar-refractivity contribution in [2.24, 2.45) is 0 Å². The number of ether oxygens (including phenoxy) is 1. The summed E-state index contributed by atoms with van der Waals surface area (Å²) in [4.78, 5) is 4.17. The molecule has 1 fully saturated rings. The summed E-state index contributed by atoms with van der Waals surface area (Å²) in [5.74, 6) is 0. The molecule has 1 saturated heterocycles. The van der Waals surface area contributed by atoms with Crippen molar-refractivity contribution in [1.82, 2.24) is 14.8 Å². The zero-order valence-corrected chi connectivity index (χ0v) is 9.67. The first-order valence-corrected chi connectivity index (χ1v) is 5.96. The van der Waals surface area contributed by atoms with Crippen LogP contribution in [-0.4, -0.2) is 21.4 Å². The molecule has 1 aliphatic rings. The molecule has 4 nitrogen and oxygen atoms in total. The average molecular weight is 229 g/mol. The zero-order valence-electron chi connectivity index (χ0n) is 9.67. The molecule has 0 aliphatic carbocycles. The van der Waals surface area contributed by atoms with Crippen LogP contribution in [0.25, 0.3) is 17.0 Å². The Labute approximate surface area is 99.9 Å². The minimum atomic E-state index is 0.0455. The first kappa shape index (κ1) is 10.5. The number of hydrogen-bond acceptors (Lipinski definition) is 3. The van der Waals surface area contributed by atoms with Crippen molar-refractivity contribution in [3.63, 3.8) is 0 Å². The highest BCUT2D eigenvalue weighted by Gasteiger charge is 2.19. The van der Waals surface area contributed by atoms with Crippen LogP contribution in [0.1, 0.15) is 31.2 Å². The number of fused-ring (bicyclic) bond motifs is 1. The van der Waals surface area contributed by atoms with Gasteiger partial charge in [-0.05, 0) is 31.4 Å². The molecular formula is C13H15N3O. The van der Waals surface area contributed by atoms with Gasteiger partial charge in [0.1, 0.15) is 0 Å². The number of aromatic nitrogens is 3. The van der Waals surface area contributed by atoms with Gasteiger partial charge in [-0.25, -0.2) is 4.68 Å². The summed E-state index contributed by atoms with van der Waals surface area (Å²) in [5.41, 5.74) is 1.92. The van der Waals surface area contributed by atoms with Crippen LogP contribution < -0.4 is 0 Å². The molecule has 3 heterocycles. The first-order valence-electron chi connectivity index (χ1n) is 5.96. The summed E-state index contributed by atoms with van der Waals surface area (Å²) >= 11 is 0. The molecule has 4 heteroatoms. The largest absolute Gasteiger partial charge is 0.356 e. The van der Waals surface area contributed by atoms with E-state index in [1.807, 2.05) is 16.9 Å². The van der Waals surface area contributed by atoms with Gasteiger partial charge in [0.05, 0.1) is 17.4 Å². The standard InChI is InChI=1S/C13H15N3O/c1-2-11-10-6-7-14-9-12(10)16(15-11)13-5-3-4-8-17-13/h2,6-7,9,13H,1,3-5,8H2. The van der Waals surface area contributed by atoms with Gasteiger partial charge in [0, 0.05) is 18.2 Å². The summed E-state index contributed by atoms with van der Waals surface area (Å²) in [6.45, 7) is 4.62. The second-order valence-corrected chi connectivity index (χ2v) is 4.25. The quantitative estimate of drug-likeness (QED) is 0.795. The summed E-state index contributed by atoms with van der Waals surface area (Å²) < 4.78 is 7.71. The van der Waals surface area contributed by atoms with Gasteiger partial charge in [-0.1, -0.05) is 6.58 Å². The zero-order chi connectivity index (χ0) is 11.7. The number of pyridine rings is 1. The highest BCUT2D eigenvalue weighted by molar-refractivity contribution is 5.86. The predicted octanol–water partition coefficient (Wildman–Crippen LogP) is 2.77. The molecule has 1 unspecified atom stereocenters. The van der Waals surface area contributed by atoms with Gasteiger partial charge in [0.15, 0.2) is 6.23 Å². The van der Waals surface area contributed by atoms with Gasteiger partial charge < -0.3 is 4.74 Å². The maximum absolute atomic E-state index is 5.77. The minimum absolute atomic E-state index is 0.0455. The molecule has 0 bridgehead atoms. The Kier molecular flexibility index (Phi) is 2.65. The molecule has 0 amide bonds. The van der Waals surface area contributed by atoms with E-state index >= 15 is 0 Å². The number of nitrogens with zero attached hydrogens (tertiary/aromatic N) is 3. The van der Waals surface area contributed by atoms with Crippen molar-refractivity contribution in [3.05, 3.63) is 30.7 Å². The number of hydrogen-bond donors (Lipinski definition) is 0. The van der Waals surface area contributed by atoms with E-state index in [1.165, 1.54) is 6.42 Å². The monoisotopic (exact) mass is 229 g/mol. The summed E-state index contributed by atoms with van der Waals surface area (Å²) in [6, 6.07) is 1.97. The molecule has 3 rings (SSSR count). The fraction of sp³-hybridized carbons (Fsp3) is 0.385. The van der Waals surface area contributed by atoms with E-state index in [2.05, 4.69) is 16.7 Å². The van der Waals surface area contributed by atoms with Crippen LogP contribution in [0.5, 0.6) is 0 Å². The van der Waals surface area contributed by atoms with Crippen LogP contribution >= 0.6 is 0 Å². The Balaban J connectivity index is 2.11. The van der Waals surface area contributed by atoms with Crippen molar-refractivity contribution in [3.8, 4) is 0 Å². The van der Waals surface area contributed by atoms with Crippen molar-refractivity contribution in [1.29, 1.82) is 0 Å². The Morgan fingerprint density at radius 3 is 3.18 bits per heavy atom. The molecule has 2 aromatic heterocycles. The fourth-order valence-electron chi connectivity index (χ4n) is 2.30. The topological polar surface area (TPSA) is 39.9 Å². The van der Waals surface area contributed by atoms with Crippen molar-refractivity contribution >= 4 is 17.0 Å². The third-order valence-electron chi connectivity index (χ3n) is 3.16. The lowest BCUT2D eigenvalue weighted by molar-refractivity contribution is -0.0367. The normalized spacial score (nSPS) is 20.6. The molecule has 0 N–H and O–H groups in total. The molecule has 17 heavy (non-hydrogen) atoms. The van der Waals surface area contributed by atoms with Crippen molar-refractivity contribution < 1.29 is 4.74 Å². The second kappa shape index (κ2) is 4.30. The van der Waals surface area contributed by atoms with Crippen molar-refractivity contribution in [2.75, 3.05) is 6.61 Å². The van der Waals surface area contributed by atoms with E-state index in [1.54, 1.807) is 12.3 Å². The summed E-state index contributed by atoms with van der Waals surface area (Å²) in [5, 5.41) is 5.65. The van der Waals surface area contributed by atoms with Crippen LogP contribution in [0.2, 0.25) is 0 Å². The molecule has 0 radical (unpaired) electrons. The van der Waals surface area contributed by atoms with Gasteiger partial charge in [0.25, 0.3) is 0 Å². The van der Waals surface area contributed by atoms with Crippen LogP contribution in [0.3, 0.4) is 0 Å². The van der Waals surface area contributed by atoms with E-state index in [9.17, 15) is 0 Å². The third kappa shape index (κ3) is 1.74. The molecule has 2 aromatic rings. The van der Waals surface area contributed by atoms with Gasteiger partial charge >= 0.3 is 0 Å². The van der Waals surface area contributed by atoms with Crippen molar-refractivity contribution in [2.45, 2.75) is 25.5 Å². The maximum atomic E-state index is 5.77. The van der Waals surface area contributed by atoms with Crippen LogP contribution in [-0.2, 0) is 4.74 Å². The van der Waals surface area contributed by atoms with Gasteiger partial charge in [0.2, 0.25) is 0 Å². The highest BCUT2D eigenvalue weighted by Crippen LogP contribution is 2.27. The Morgan fingerprint density at radius 2 is 2.41 bits per heavy atom. The average Bonchev–Trinajstić information content (AvgIpc) is 2.78. The lowest BCUT2D eigenvalue weighted by atomic mass is 10.2. The minimum Gasteiger partial charge on any atom is -0.356 e. The Morgan fingerprint density at radius 1 is 1.47 bits per heavy atom. The molecule has 1 aliphatic heterocycles. The molecule has 1 atom stereocenters. The van der Waals surface area contributed by atoms with Crippen LogP contribution in [0, 0.1) is 0 Å². The maximum Gasteiger partial charge on any atom is 0.150 e. The number of rotatable bonds is 2. The van der Waals surface area contributed by atoms with Gasteiger partial charge in [-0.2, -0.15) is 5.10 Å². The molecule has 88 valence electrons. The van der Waals surface area contributed by atoms with E-state index in [0.29, 0.717) is 0 Å². The highest BCUT2D eigenvalue weighted by atomic mass is 16.5.